The van der Waals surface area contributed by atoms with Crippen molar-refractivity contribution in [3.8, 4) is 0 Å². The van der Waals surface area contributed by atoms with Crippen LogP contribution in [0.4, 0.5) is 0 Å². The van der Waals surface area contributed by atoms with Gasteiger partial charge in [-0.05, 0) is 37.0 Å². The molecule has 0 aromatic heterocycles. The second kappa shape index (κ2) is 9.36. The third-order valence-corrected chi connectivity index (χ3v) is 6.96. The number of hydrogen-bond donors (Lipinski definition) is 3. The predicted octanol–water partition coefficient (Wildman–Crippen LogP) is 4.41. The number of nitrogens with one attached hydrogen (secondary N) is 1. The first kappa shape index (κ1) is 20.7. The number of aliphatic hydroxyl groups is 1. The van der Waals surface area contributed by atoms with E-state index in [9.17, 15) is 14.6 Å². The minimum Gasteiger partial charge on any atom is -0.391 e. The molecule has 1 aromatic carbocycles. The lowest BCUT2D eigenvalue weighted by molar-refractivity contribution is 0.186. The van der Waals surface area contributed by atoms with Gasteiger partial charge in [0.2, 0.25) is 7.37 Å². The highest BCUT2D eigenvalue weighted by Crippen LogP contribution is 2.44. The Morgan fingerprint density at radius 2 is 2.08 bits per heavy atom. The third-order valence-electron chi connectivity index (χ3n) is 4.19. The van der Waals surface area contributed by atoms with Gasteiger partial charge in [0.15, 0.2) is 0 Å². The molecule has 0 amide bonds. The molecule has 1 unspecified atom stereocenters. The Kier molecular flexibility index (Phi) is 7.75. The fourth-order valence-corrected chi connectivity index (χ4v) is 5.06. The van der Waals surface area contributed by atoms with Gasteiger partial charge in [0.1, 0.15) is 0 Å². The van der Waals surface area contributed by atoms with E-state index in [1.807, 2.05) is 37.3 Å². The molecule has 4 nitrogen and oxygen atoms in total. The minimum absolute atomic E-state index is 0.0612. The lowest BCUT2D eigenvalue weighted by atomic mass is 10.0. The summed E-state index contributed by atoms with van der Waals surface area (Å²) in [6.45, 7) is 2.16. The SMILES string of the molecule is C[C@H](NC[C@H](O)CP(=O)(O)C[C@H]1C=CC=CC1)c1ccc(Cl)c(Cl)c1. The second-order valence-corrected chi connectivity index (χ2v) is 9.71. The smallest absolute Gasteiger partial charge is 0.203 e. The van der Waals surface area contributed by atoms with Crippen molar-refractivity contribution < 1.29 is 14.6 Å². The van der Waals surface area contributed by atoms with Crippen molar-refractivity contribution in [2.24, 2.45) is 5.92 Å². The molecule has 0 aliphatic heterocycles. The molecular formula is C18H24Cl2NO3P. The van der Waals surface area contributed by atoms with Gasteiger partial charge in [-0.2, -0.15) is 0 Å². The number of halogens is 2. The molecule has 25 heavy (non-hydrogen) atoms. The number of hydrogen-bond acceptors (Lipinski definition) is 3. The van der Waals surface area contributed by atoms with Crippen molar-refractivity contribution in [2.75, 3.05) is 18.9 Å². The molecule has 7 heteroatoms. The van der Waals surface area contributed by atoms with Crippen molar-refractivity contribution >= 4 is 30.6 Å². The summed E-state index contributed by atoms with van der Waals surface area (Å²) in [5.41, 5.74) is 0.938. The number of aliphatic hydroxyl groups excluding tert-OH is 1. The standard InChI is InChI=1S/C18H24Cl2NO3P/c1-13(15-7-8-17(19)18(20)9-15)21-10-16(22)12-25(23,24)11-14-5-3-2-4-6-14/h2-5,7-9,13-14,16,21-22H,6,10-12H2,1H3,(H,23,24)/t13-,14-,16-/m0/s1. The molecule has 0 spiro atoms. The van der Waals surface area contributed by atoms with E-state index in [4.69, 9.17) is 23.2 Å². The maximum Gasteiger partial charge on any atom is 0.203 e. The zero-order valence-corrected chi connectivity index (χ0v) is 16.5. The van der Waals surface area contributed by atoms with E-state index in [-0.39, 0.29) is 30.8 Å². The first-order valence-electron chi connectivity index (χ1n) is 8.27. The van der Waals surface area contributed by atoms with Crippen LogP contribution in [-0.4, -0.2) is 35.0 Å². The van der Waals surface area contributed by atoms with Crippen molar-refractivity contribution in [1.29, 1.82) is 0 Å². The van der Waals surface area contributed by atoms with E-state index in [1.54, 1.807) is 12.1 Å². The van der Waals surface area contributed by atoms with Crippen LogP contribution in [0.3, 0.4) is 0 Å². The molecule has 3 N–H and O–H groups in total. The summed E-state index contributed by atoms with van der Waals surface area (Å²) in [5, 5.41) is 14.3. The topological polar surface area (TPSA) is 69.6 Å². The highest BCUT2D eigenvalue weighted by molar-refractivity contribution is 7.58. The van der Waals surface area contributed by atoms with Gasteiger partial charge in [0.25, 0.3) is 0 Å². The molecule has 1 aromatic rings. The molecule has 0 saturated heterocycles. The van der Waals surface area contributed by atoms with Crippen LogP contribution in [0.1, 0.15) is 24.9 Å². The van der Waals surface area contributed by atoms with Crippen LogP contribution >= 0.6 is 30.6 Å². The van der Waals surface area contributed by atoms with Gasteiger partial charge in [-0.3, -0.25) is 4.57 Å². The van der Waals surface area contributed by atoms with Crippen LogP contribution in [0.5, 0.6) is 0 Å². The fourth-order valence-electron chi connectivity index (χ4n) is 2.81. The van der Waals surface area contributed by atoms with Crippen molar-refractivity contribution in [2.45, 2.75) is 25.5 Å². The summed E-state index contributed by atoms with van der Waals surface area (Å²) < 4.78 is 12.4. The van der Waals surface area contributed by atoms with E-state index >= 15 is 0 Å². The summed E-state index contributed by atoms with van der Waals surface area (Å²) in [6, 6.07) is 5.29. The van der Waals surface area contributed by atoms with E-state index in [1.165, 1.54) is 0 Å². The first-order chi connectivity index (χ1) is 11.8. The molecule has 138 valence electrons. The molecule has 0 bridgehead atoms. The Morgan fingerprint density at radius 3 is 2.72 bits per heavy atom. The van der Waals surface area contributed by atoms with Gasteiger partial charge in [-0.1, -0.05) is 53.6 Å². The highest BCUT2D eigenvalue weighted by atomic mass is 35.5. The molecule has 1 aliphatic carbocycles. The number of benzene rings is 1. The predicted molar refractivity (Wildman–Crippen MR) is 105 cm³/mol. The third kappa shape index (κ3) is 6.90. The molecular weight excluding hydrogens is 380 g/mol. The molecule has 1 aliphatic rings. The summed E-state index contributed by atoms with van der Waals surface area (Å²) in [6.07, 6.45) is 7.73. The van der Waals surface area contributed by atoms with E-state index in [0.29, 0.717) is 10.0 Å². The molecule has 0 saturated carbocycles. The Morgan fingerprint density at radius 1 is 1.32 bits per heavy atom. The van der Waals surface area contributed by atoms with Gasteiger partial charge in [-0.25, -0.2) is 0 Å². The molecule has 0 fully saturated rings. The van der Waals surface area contributed by atoms with Crippen molar-refractivity contribution in [3.05, 3.63) is 58.1 Å². The number of rotatable bonds is 8. The lowest BCUT2D eigenvalue weighted by Gasteiger charge is -2.22. The fraction of sp³-hybridized carbons (Fsp3) is 0.444. The van der Waals surface area contributed by atoms with Crippen LogP contribution in [0.2, 0.25) is 10.0 Å². The van der Waals surface area contributed by atoms with Crippen molar-refractivity contribution in [1.82, 2.24) is 5.32 Å². The molecule has 2 rings (SSSR count). The van der Waals surface area contributed by atoms with E-state index in [2.05, 4.69) is 5.32 Å². The average Bonchev–Trinajstić information content (AvgIpc) is 2.55. The van der Waals surface area contributed by atoms with E-state index in [0.717, 1.165) is 12.0 Å². The number of allylic oxidation sites excluding steroid dienone is 4. The van der Waals surface area contributed by atoms with Gasteiger partial charge < -0.3 is 15.3 Å². The zero-order valence-electron chi connectivity index (χ0n) is 14.1. The van der Waals surface area contributed by atoms with Gasteiger partial charge in [0, 0.05) is 18.7 Å². The summed E-state index contributed by atoms with van der Waals surface area (Å²) in [5.74, 6) is 0.0659. The molecule has 0 radical (unpaired) electrons. The van der Waals surface area contributed by atoms with E-state index < -0.39 is 13.5 Å². The van der Waals surface area contributed by atoms with Crippen LogP contribution in [0.25, 0.3) is 0 Å². The van der Waals surface area contributed by atoms with Gasteiger partial charge in [0.05, 0.1) is 22.3 Å². The summed E-state index contributed by atoms with van der Waals surface area (Å²) in [7, 11) is -3.38. The quantitative estimate of drug-likeness (QED) is 0.562. The Hall–Kier alpha value is -0.610. The Balaban J connectivity index is 1.81. The largest absolute Gasteiger partial charge is 0.391 e. The average molecular weight is 404 g/mol. The van der Waals surface area contributed by atoms with Crippen LogP contribution < -0.4 is 5.32 Å². The maximum atomic E-state index is 12.4. The molecule has 4 atom stereocenters. The van der Waals surface area contributed by atoms with Crippen LogP contribution in [-0.2, 0) is 4.57 Å². The zero-order chi connectivity index (χ0) is 18.4. The van der Waals surface area contributed by atoms with Crippen molar-refractivity contribution in [3.63, 3.8) is 0 Å². The van der Waals surface area contributed by atoms with Crippen LogP contribution in [0.15, 0.2) is 42.5 Å². The summed E-state index contributed by atoms with van der Waals surface area (Å²) >= 11 is 11.9. The van der Waals surface area contributed by atoms with Gasteiger partial charge >= 0.3 is 0 Å². The van der Waals surface area contributed by atoms with Gasteiger partial charge in [-0.15, -0.1) is 0 Å². The second-order valence-electron chi connectivity index (χ2n) is 6.48. The molecule has 0 heterocycles. The minimum atomic E-state index is -3.38. The Labute approximate surface area is 159 Å². The normalized spacial score (nSPS) is 21.7. The first-order valence-corrected chi connectivity index (χ1v) is 11.1. The summed E-state index contributed by atoms with van der Waals surface area (Å²) in [4.78, 5) is 10.2. The van der Waals surface area contributed by atoms with Crippen LogP contribution in [0, 0.1) is 5.92 Å². The monoisotopic (exact) mass is 403 g/mol. The highest BCUT2D eigenvalue weighted by Gasteiger charge is 2.26. The lowest BCUT2D eigenvalue weighted by Crippen LogP contribution is -2.31. The maximum absolute atomic E-state index is 12.4. The Bertz CT molecular complexity index is 693.